The third kappa shape index (κ3) is 7.07. The Kier molecular flexibility index (Phi) is 9.17. The van der Waals surface area contributed by atoms with Gasteiger partial charge in [-0.15, -0.1) is 21.5 Å². The van der Waals surface area contributed by atoms with Crippen LogP contribution in [0.2, 0.25) is 5.02 Å². The number of thiazole rings is 1. The first-order valence-electron chi connectivity index (χ1n) is 13.7. The quantitative estimate of drug-likeness (QED) is 0.146. The van der Waals surface area contributed by atoms with E-state index in [-0.39, 0.29) is 23.3 Å². The molecule has 8 nitrogen and oxygen atoms in total. The molecule has 0 radical (unpaired) electrons. The van der Waals surface area contributed by atoms with Crippen molar-refractivity contribution in [2.24, 2.45) is 7.05 Å². The van der Waals surface area contributed by atoms with E-state index in [9.17, 15) is 9.59 Å². The number of amides is 2. The van der Waals surface area contributed by atoms with Crippen LogP contribution in [0, 0.1) is 6.92 Å². The summed E-state index contributed by atoms with van der Waals surface area (Å²) < 4.78 is 3.64. The van der Waals surface area contributed by atoms with Gasteiger partial charge in [0.15, 0.2) is 9.50 Å². The first kappa shape index (κ1) is 30.1. The molecule has 0 aliphatic carbocycles. The Bertz CT molecular complexity index is 2000. The van der Waals surface area contributed by atoms with Gasteiger partial charge in [-0.1, -0.05) is 83.7 Å². The van der Waals surface area contributed by atoms with Crippen LogP contribution in [0.5, 0.6) is 0 Å². The first-order valence-corrected chi connectivity index (χ1v) is 16.9. The Balaban J connectivity index is 1.02. The number of carbonyl (C=O) groups excluding carboxylic acids is 2. The molecule has 0 atom stereocenters. The zero-order valence-electron chi connectivity index (χ0n) is 23.8. The lowest BCUT2D eigenvalue weighted by atomic mass is 10.0. The summed E-state index contributed by atoms with van der Waals surface area (Å²) in [5.41, 5.74) is 4.30. The van der Waals surface area contributed by atoms with Gasteiger partial charge in [-0.05, 0) is 59.2 Å². The molecule has 0 saturated carbocycles. The molecule has 6 aromatic rings. The summed E-state index contributed by atoms with van der Waals surface area (Å²) in [7, 11) is 1.93. The van der Waals surface area contributed by atoms with Crippen molar-refractivity contribution < 1.29 is 9.59 Å². The SMILES string of the molecule is Cc1ccc(NC(=O)CSc2nc3ccc(NC(=O)CSc4nnc(Cc5cccc6ccccc56)n4C)cc3s2)cc1Cl. The number of aromatic nitrogens is 4. The van der Waals surface area contributed by atoms with Crippen molar-refractivity contribution >= 4 is 90.6 Å². The number of benzene rings is 4. The summed E-state index contributed by atoms with van der Waals surface area (Å²) in [6.07, 6.45) is 0.652. The number of carbonyl (C=O) groups is 2. The molecule has 222 valence electrons. The van der Waals surface area contributed by atoms with Crippen molar-refractivity contribution in [3.8, 4) is 0 Å². The van der Waals surface area contributed by atoms with Crippen molar-refractivity contribution in [1.82, 2.24) is 19.7 Å². The van der Waals surface area contributed by atoms with Crippen molar-refractivity contribution in [1.29, 1.82) is 0 Å². The third-order valence-corrected chi connectivity index (χ3v) is 10.5. The minimum atomic E-state index is -0.139. The standard InChI is InChI=1S/C32H27ClN6O2S3/c1-19-10-11-22(15-25(19)33)34-30(41)18-43-32-36-26-13-12-23(16-27(26)44-32)35-29(40)17-42-31-38-37-28(39(31)2)14-21-8-5-7-20-6-3-4-9-24(20)21/h3-13,15-16H,14,17-18H2,1-2H3,(H,34,41)(H,35,40). The van der Waals surface area contributed by atoms with Crippen LogP contribution in [-0.4, -0.2) is 43.1 Å². The summed E-state index contributed by atoms with van der Waals surface area (Å²) in [6.45, 7) is 1.91. The maximum atomic E-state index is 12.8. The van der Waals surface area contributed by atoms with Gasteiger partial charge in [0, 0.05) is 29.9 Å². The van der Waals surface area contributed by atoms with Crippen molar-refractivity contribution in [3.05, 3.63) is 101 Å². The number of halogens is 1. The summed E-state index contributed by atoms with van der Waals surface area (Å²) >= 11 is 10.3. The molecule has 0 aliphatic heterocycles. The maximum Gasteiger partial charge on any atom is 0.234 e. The highest BCUT2D eigenvalue weighted by molar-refractivity contribution is 8.01. The van der Waals surface area contributed by atoms with Crippen LogP contribution in [0.1, 0.15) is 17.0 Å². The third-order valence-electron chi connectivity index (χ3n) is 6.92. The summed E-state index contributed by atoms with van der Waals surface area (Å²) in [5, 5.41) is 18.2. The molecule has 2 heterocycles. The van der Waals surface area contributed by atoms with Crippen LogP contribution in [-0.2, 0) is 23.1 Å². The highest BCUT2D eigenvalue weighted by Gasteiger charge is 2.14. The molecule has 2 N–H and O–H groups in total. The second-order valence-corrected chi connectivity index (χ2v) is 13.7. The number of nitrogens with zero attached hydrogens (tertiary/aromatic N) is 4. The van der Waals surface area contributed by atoms with Gasteiger partial charge in [-0.2, -0.15) is 0 Å². The molecule has 0 aliphatic rings. The van der Waals surface area contributed by atoms with Crippen molar-refractivity contribution in [2.45, 2.75) is 22.8 Å². The first-order chi connectivity index (χ1) is 21.3. The highest BCUT2D eigenvalue weighted by atomic mass is 35.5. The van der Waals surface area contributed by atoms with Crippen LogP contribution in [0.15, 0.2) is 88.4 Å². The molecule has 2 aromatic heterocycles. The Labute approximate surface area is 271 Å². The van der Waals surface area contributed by atoms with Gasteiger partial charge in [-0.25, -0.2) is 4.98 Å². The summed E-state index contributed by atoms with van der Waals surface area (Å²) in [4.78, 5) is 29.8. The van der Waals surface area contributed by atoms with E-state index in [4.69, 9.17) is 11.6 Å². The fourth-order valence-corrected chi connectivity index (χ4v) is 7.42. The van der Waals surface area contributed by atoms with E-state index < -0.39 is 0 Å². The number of hydrogen-bond donors (Lipinski definition) is 2. The molecule has 0 saturated heterocycles. The Morgan fingerprint density at radius 3 is 2.43 bits per heavy atom. The molecule has 0 fully saturated rings. The van der Waals surface area contributed by atoms with Gasteiger partial charge >= 0.3 is 0 Å². The van der Waals surface area contributed by atoms with Gasteiger partial charge in [0.05, 0.1) is 21.7 Å². The van der Waals surface area contributed by atoms with Gasteiger partial charge < -0.3 is 15.2 Å². The minimum Gasteiger partial charge on any atom is -0.325 e. The Morgan fingerprint density at radius 1 is 0.886 bits per heavy atom. The van der Waals surface area contributed by atoms with Gasteiger partial charge in [0.1, 0.15) is 5.82 Å². The number of rotatable bonds is 10. The van der Waals surface area contributed by atoms with E-state index in [0.717, 1.165) is 25.9 Å². The molecule has 12 heteroatoms. The van der Waals surface area contributed by atoms with E-state index in [1.807, 2.05) is 61.0 Å². The minimum absolute atomic E-state index is 0.136. The number of hydrogen-bond acceptors (Lipinski definition) is 8. The zero-order valence-corrected chi connectivity index (χ0v) is 27.0. The summed E-state index contributed by atoms with van der Waals surface area (Å²) in [5.74, 6) is 0.982. The molecular formula is C32H27ClN6O2S3. The predicted octanol–water partition coefficient (Wildman–Crippen LogP) is 7.59. The second-order valence-electron chi connectivity index (χ2n) is 10.1. The van der Waals surface area contributed by atoms with E-state index in [0.29, 0.717) is 28.0 Å². The number of anilines is 2. The smallest absolute Gasteiger partial charge is 0.234 e. The van der Waals surface area contributed by atoms with E-state index in [1.54, 1.807) is 6.07 Å². The van der Waals surface area contributed by atoms with Crippen molar-refractivity contribution in [3.63, 3.8) is 0 Å². The van der Waals surface area contributed by atoms with Crippen LogP contribution in [0.4, 0.5) is 11.4 Å². The van der Waals surface area contributed by atoms with Crippen molar-refractivity contribution in [2.75, 3.05) is 22.1 Å². The van der Waals surface area contributed by atoms with Crippen LogP contribution >= 0.6 is 46.5 Å². The second kappa shape index (κ2) is 13.4. The molecule has 4 aromatic carbocycles. The number of thioether (sulfide) groups is 2. The fourth-order valence-electron chi connectivity index (χ4n) is 4.61. The zero-order chi connectivity index (χ0) is 30.6. The predicted molar refractivity (Wildman–Crippen MR) is 182 cm³/mol. The fraction of sp³-hybridized carbons (Fsp3) is 0.156. The van der Waals surface area contributed by atoms with E-state index >= 15 is 0 Å². The van der Waals surface area contributed by atoms with E-state index in [2.05, 4.69) is 56.1 Å². The van der Waals surface area contributed by atoms with Crippen LogP contribution in [0.3, 0.4) is 0 Å². The molecule has 0 unspecified atom stereocenters. The van der Waals surface area contributed by atoms with Crippen LogP contribution < -0.4 is 10.6 Å². The summed E-state index contributed by atoms with van der Waals surface area (Å²) in [6, 6.07) is 25.6. The molecule has 0 spiro atoms. The molecule has 2 amide bonds. The Hall–Kier alpha value is -3.90. The average Bonchev–Trinajstić information content (AvgIpc) is 3.59. The molecule has 44 heavy (non-hydrogen) atoms. The molecular weight excluding hydrogens is 632 g/mol. The lowest BCUT2D eigenvalue weighted by molar-refractivity contribution is -0.114. The van der Waals surface area contributed by atoms with Gasteiger partial charge in [-0.3, -0.25) is 9.59 Å². The highest BCUT2D eigenvalue weighted by Crippen LogP contribution is 2.32. The number of nitrogens with one attached hydrogen (secondary N) is 2. The van der Waals surface area contributed by atoms with Gasteiger partial charge in [0.25, 0.3) is 0 Å². The number of fused-ring (bicyclic) bond motifs is 2. The average molecular weight is 659 g/mol. The molecule has 6 rings (SSSR count). The number of aryl methyl sites for hydroxylation is 1. The van der Waals surface area contributed by atoms with Crippen LogP contribution in [0.25, 0.3) is 21.0 Å². The largest absolute Gasteiger partial charge is 0.325 e. The Morgan fingerprint density at radius 2 is 1.61 bits per heavy atom. The monoisotopic (exact) mass is 658 g/mol. The lowest BCUT2D eigenvalue weighted by Gasteiger charge is -2.07. The van der Waals surface area contributed by atoms with Gasteiger partial charge in [0.2, 0.25) is 11.8 Å². The molecule has 0 bridgehead atoms. The topological polar surface area (TPSA) is 102 Å². The lowest BCUT2D eigenvalue weighted by Crippen LogP contribution is -2.14. The maximum absolute atomic E-state index is 12.8. The normalized spacial score (nSPS) is 11.2. The van der Waals surface area contributed by atoms with E-state index in [1.165, 1.54) is 51.2 Å².